The van der Waals surface area contributed by atoms with Crippen LogP contribution in [0.4, 0.5) is 0 Å². The highest BCUT2D eigenvalue weighted by atomic mass is 35.5. The van der Waals surface area contributed by atoms with Crippen LogP contribution in [0.2, 0.25) is 0 Å². The molecular weight excluding hydrogens is 417 g/mol. The molecular formula is C19H27Cl2N5OS. The number of amides is 1. The summed E-state index contributed by atoms with van der Waals surface area (Å²) in [6, 6.07) is 0. The third-order valence-corrected chi connectivity index (χ3v) is 6.21. The third-order valence-electron chi connectivity index (χ3n) is 5.23. The van der Waals surface area contributed by atoms with E-state index >= 15 is 0 Å². The second-order valence-corrected chi connectivity index (χ2v) is 8.15. The fourth-order valence-corrected chi connectivity index (χ4v) is 4.63. The summed E-state index contributed by atoms with van der Waals surface area (Å²) in [4.78, 5) is 24.6. The number of rotatable bonds is 5. The first-order chi connectivity index (χ1) is 12.7. The number of halogens is 2. The van der Waals surface area contributed by atoms with Crippen molar-refractivity contribution in [2.75, 3.05) is 19.6 Å². The largest absolute Gasteiger partial charge is 0.347 e. The van der Waals surface area contributed by atoms with Crippen molar-refractivity contribution < 1.29 is 4.79 Å². The molecule has 2 aromatic rings. The van der Waals surface area contributed by atoms with Gasteiger partial charge >= 0.3 is 0 Å². The Hall–Kier alpha value is -1.25. The Bertz CT molecular complexity index is 808. The van der Waals surface area contributed by atoms with Crippen LogP contribution < -0.4 is 10.6 Å². The van der Waals surface area contributed by atoms with Gasteiger partial charge in [-0.1, -0.05) is 0 Å². The van der Waals surface area contributed by atoms with Gasteiger partial charge in [0.2, 0.25) is 0 Å². The Morgan fingerprint density at radius 2 is 2.04 bits per heavy atom. The molecule has 0 atom stereocenters. The number of carbonyl (C=O) groups excluding carboxylic acids is 1. The topological polar surface area (TPSA) is 70.2 Å². The number of nitrogens with zero attached hydrogens (tertiary/aromatic N) is 3. The van der Waals surface area contributed by atoms with Gasteiger partial charge in [0.15, 0.2) is 0 Å². The molecule has 28 heavy (non-hydrogen) atoms. The molecule has 4 heterocycles. The maximum atomic E-state index is 12.6. The maximum Gasteiger partial charge on any atom is 0.263 e. The van der Waals surface area contributed by atoms with E-state index in [-0.39, 0.29) is 30.7 Å². The predicted molar refractivity (Wildman–Crippen MR) is 117 cm³/mol. The van der Waals surface area contributed by atoms with Crippen molar-refractivity contribution in [1.29, 1.82) is 0 Å². The summed E-state index contributed by atoms with van der Waals surface area (Å²) in [7, 11) is 0. The summed E-state index contributed by atoms with van der Waals surface area (Å²) in [5.74, 6) is -0.0406. The average Bonchev–Trinajstić information content (AvgIpc) is 3.33. The molecule has 154 valence electrons. The summed E-state index contributed by atoms with van der Waals surface area (Å²) in [6.45, 7) is 7.53. The van der Waals surface area contributed by atoms with E-state index in [1.54, 1.807) is 6.20 Å². The molecule has 4 rings (SSSR count). The SMILES string of the molecule is Cc1ncc2c(c1CNC(=O)c1cnc(CN3CCCC3)s1)CCNC2.Cl.Cl. The zero-order valence-corrected chi connectivity index (χ0v) is 18.4. The highest BCUT2D eigenvalue weighted by molar-refractivity contribution is 7.13. The van der Waals surface area contributed by atoms with Gasteiger partial charge in [0, 0.05) is 25.0 Å². The van der Waals surface area contributed by atoms with Crippen LogP contribution in [0, 0.1) is 6.92 Å². The first kappa shape index (κ1) is 23.0. The van der Waals surface area contributed by atoms with Crippen LogP contribution in [0.25, 0.3) is 0 Å². The molecule has 1 amide bonds. The van der Waals surface area contributed by atoms with Crippen LogP contribution in [-0.2, 0) is 26.1 Å². The molecule has 1 saturated heterocycles. The van der Waals surface area contributed by atoms with E-state index in [2.05, 4.69) is 25.5 Å². The Kier molecular flexibility index (Phi) is 8.64. The lowest BCUT2D eigenvalue weighted by Gasteiger charge is -2.21. The predicted octanol–water partition coefficient (Wildman–Crippen LogP) is 2.86. The summed E-state index contributed by atoms with van der Waals surface area (Å²) < 4.78 is 0. The Morgan fingerprint density at radius 1 is 1.25 bits per heavy atom. The lowest BCUT2D eigenvalue weighted by atomic mass is 9.96. The van der Waals surface area contributed by atoms with E-state index in [4.69, 9.17) is 0 Å². The van der Waals surface area contributed by atoms with Crippen LogP contribution in [-0.4, -0.2) is 40.4 Å². The molecule has 0 spiro atoms. The molecule has 0 saturated carbocycles. The smallest absolute Gasteiger partial charge is 0.263 e. The van der Waals surface area contributed by atoms with Gasteiger partial charge in [-0.25, -0.2) is 4.98 Å². The minimum atomic E-state index is -0.0406. The van der Waals surface area contributed by atoms with Crippen LogP contribution in [0.1, 0.15) is 49.9 Å². The number of nitrogens with one attached hydrogen (secondary N) is 2. The van der Waals surface area contributed by atoms with Gasteiger partial charge in [-0.15, -0.1) is 36.2 Å². The van der Waals surface area contributed by atoms with Crippen molar-refractivity contribution in [1.82, 2.24) is 25.5 Å². The minimum Gasteiger partial charge on any atom is -0.347 e. The quantitative estimate of drug-likeness (QED) is 0.743. The fraction of sp³-hybridized carbons (Fsp3) is 0.526. The molecule has 9 heteroatoms. The van der Waals surface area contributed by atoms with Crippen LogP contribution >= 0.6 is 36.2 Å². The molecule has 2 N–H and O–H groups in total. The highest BCUT2D eigenvalue weighted by Crippen LogP contribution is 2.21. The standard InChI is InChI=1S/C19H25N5OS.2ClH/c1-13-16(15-4-5-20-8-14(15)9-21-13)10-23-19(25)17-11-22-18(26-17)12-24-6-2-3-7-24;;/h9,11,20H,2-8,10,12H2,1H3,(H,23,25);2*1H. The van der Waals surface area contributed by atoms with Crippen molar-refractivity contribution in [2.24, 2.45) is 0 Å². The van der Waals surface area contributed by atoms with Gasteiger partial charge < -0.3 is 10.6 Å². The van der Waals surface area contributed by atoms with Crippen LogP contribution in [0.15, 0.2) is 12.4 Å². The lowest BCUT2D eigenvalue weighted by Crippen LogP contribution is -2.28. The van der Waals surface area contributed by atoms with Gasteiger partial charge in [0.05, 0.1) is 12.7 Å². The lowest BCUT2D eigenvalue weighted by molar-refractivity contribution is 0.0954. The van der Waals surface area contributed by atoms with Crippen molar-refractivity contribution in [3.05, 3.63) is 44.7 Å². The molecule has 2 aliphatic rings. The second kappa shape index (κ2) is 10.5. The molecule has 0 aliphatic carbocycles. The molecule has 0 unspecified atom stereocenters. The Balaban J connectivity index is 0.00000140. The number of aryl methyl sites for hydroxylation is 1. The van der Waals surface area contributed by atoms with Crippen molar-refractivity contribution in [3.8, 4) is 0 Å². The normalized spacial score (nSPS) is 16.0. The molecule has 0 bridgehead atoms. The van der Waals surface area contributed by atoms with Gasteiger partial charge in [-0.2, -0.15) is 0 Å². The van der Waals surface area contributed by atoms with Crippen molar-refractivity contribution >= 4 is 42.1 Å². The van der Waals surface area contributed by atoms with E-state index in [0.29, 0.717) is 11.4 Å². The van der Waals surface area contributed by atoms with Gasteiger partial charge in [0.25, 0.3) is 5.91 Å². The van der Waals surface area contributed by atoms with Gasteiger partial charge in [0.1, 0.15) is 9.88 Å². The first-order valence-electron chi connectivity index (χ1n) is 9.33. The number of likely N-dealkylation sites (tertiary alicyclic amines) is 1. The number of fused-ring (bicyclic) bond motifs is 1. The van der Waals surface area contributed by atoms with E-state index in [9.17, 15) is 4.79 Å². The van der Waals surface area contributed by atoms with Crippen molar-refractivity contribution in [2.45, 2.75) is 45.8 Å². The summed E-state index contributed by atoms with van der Waals surface area (Å²) in [6.07, 6.45) is 7.19. The minimum absolute atomic E-state index is 0. The zero-order chi connectivity index (χ0) is 17.9. The monoisotopic (exact) mass is 443 g/mol. The average molecular weight is 444 g/mol. The fourth-order valence-electron chi connectivity index (χ4n) is 3.75. The van der Waals surface area contributed by atoms with E-state index in [1.165, 1.54) is 40.9 Å². The number of pyridine rings is 1. The first-order valence-corrected chi connectivity index (χ1v) is 10.1. The molecule has 1 fully saturated rings. The number of hydrogen-bond donors (Lipinski definition) is 2. The number of thiazole rings is 1. The van der Waals surface area contributed by atoms with Crippen LogP contribution in [0.5, 0.6) is 0 Å². The highest BCUT2D eigenvalue weighted by Gasteiger charge is 2.18. The second-order valence-electron chi connectivity index (χ2n) is 7.04. The molecule has 0 radical (unpaired) electrons. The Labute approximate surface area is 182 Å². The molecule has 2 aliphatic heterocycles. The third kappa shape index (κ3) is 5.21. The maximum absolute atomic E-state index is 12.6. The van der Waals surface area contributed by atoms with E-state index < -0.39 is 0 Å². The summed E-state index contributed by atoms with van der Waals surface area (Å²) >= 11 is 1.51. The summed E-state index contributed by atoms with van der Waals surface area (Å²) in [5.41, 5.74) is 4.76. The zero-order valence-electron chi connectivity index (χ0n) is 16.0. The molecule has 0 aromatic carbocycles. The number of hydrogen-bond acceptors (Lipinski definition) is 6. The van der Waals surface area contributed by atoms with E-state index in [0.717, 1.165) is 49.8 Å². The number of aromatic nitrogens is 2. The summed E-state index contributed by atoms with van der Waals surface area (Å²) in [5, 5.41) is 7.47. The van der Waals surface area contributed by atoms with Crippen molar-refractivity contribution in [3.63, 3.8) is 0 Å². The molecule has 2 aromatic heterocycles. The van der Waals surface area contributed by atoms with E-state index in [1.807, 2.05) is 13.1 Å². The number of carbonyl (C=O) groups is 1. The van der Waals surface area contributed by atoms with Gasteiger partial charge in [-0.05, 0) is 62.5 Å². The van der Waals surface area contributed by atoms with Crippen LogP contribution in [0.3, 0.4) is 0 Å². The van der Waals surface area contributed by atoms with Gasteiger partial charge in [-0.3, -0.25) is 14.7 Å². The molecule has 6 nitrogen and oxygen atoms in total. The Morgan fingerprint density at radius 3 is 2.82 bits per heavy atom.